The highest BCUT2D eigenvalue weighted by Gasteiger charge is 2.13. The summed E-state index contributed by atoms with van der Waals surface area (Å²) in [5, 5.41) is 0. The molecule has 0 aliphatic heterocycles. The van der Waals surface area contributed by atoms with Crippen molar-refractivity contribution in [1.82, 2.24) is 0 Å². The number of unbranched alkanes of at least 4 members (excludes halogenated alkanes) is 38. The Labute approximate surface area is 450 Å². The summed E-state index contributed by atoms with van der Waals surface area (Å²) < 4.78 is 0. The van der Waals surface area contributed by atoms with Crippen LogP contribution >= 0.6 is 0 Å². The predicted molar refractivity (Wildman–Crippen MR) is 328 cm³/mol. The second-order valence-electron chi connectivity index (χ2n) is 22.2. The molecule has 2 aromatic carbocycles. The highest BCUT2D eigenvalue weighted by atomic mass is 14.8. The van der Waals surface area contributed by atoms with Crippen LogP contribution in [0.25, 0.3) is 0 Å². The molecule has 2 heteroatoms. The maximum Gasteiger partial charge on any atom is 0.0665 e. The van der Waals surface area contributed by atoms with Crippen LogP contribution in [0.1, 0.15) is 334 Å². The molecule has 72 heavy (non-hydrogen) atoms. The normalized spacial score (nSPS) is 12.4. The highest BCUT2D eigenvalue weighted by molar-refractivity contribution is 6.43. The minimum Gasteiger partial charge on any atom is -0.251 e. The summed E-state index contributed by atoms with van der Waals surface area (Å²) in [4.78, 5) is 11.1. The summed E-state index contributed by atoms with van der Waals surface area (Å²) in [6, 6.07) is 17.9. The molecule has 410 valence electrons. The van der Waals surface area contributed by atoms with E-state index in [2.05, 4.69) is 101 Å². The van der Waals surface area contributed by atoms with Gasteiger partial charge in [-0.1, -0.05) is 320 Å². The van der Waals surface area contributed by atoms with Gasteiger partial charge in [0.2, 0.25) is 0 Å². The van der Waals surface area contributed by atoms with E-state index in [0.29, 0.717) is 0 Å². The van der Waals surface area contributed by atoms with E-state index in [4.69, 9.17) is 9.98 Å². The number of para-hydroxylation sites is 2. The van der Waals surface area contributed by atoms with Crippen molar-refractivity contribution in [2.75, 3.05) is 0 Å². The Morgan fingerprint density at radius 2 is 0.528 bits per heavy atom. The highest BCUT2D eigenvalue weighted by Crippen LogP contribution is 2.27. The van der Waals surface area contributed by atoms with E-state index in [0.717, 1.165) is 62.7 Å². The van der Waals surface area contributed by atoms with Gasteiger partial charge in [-0.3, -0.25) is 9.98 Å². The molecular formula is C70H120N2. The molecular weight excluding hydrogens is 869 g/mol. The average molecular weight is 990 g/mol. The van der Waals surface area contributed by atoms with Crippen molar-refractivity contribution in [2.45, 2.75) is 336 Å². The van der Waals surface area contributed by atoms with Crippen molar-refractivity contribution < 1.29 is 0 Å². The first-order valence-corrected chi connectivity index (χ1v) is 32.3. The van der Waals surface area contributed by atoms with Gasteiger partial charge in [-0.25, -0.2) is 0 Å². The lowest BCUT2D eigenvalue weighted by Crippen LogP contribution is -2.15. The molecule has 0 radical (unpaired) electrons. The molecule has 0 spiro atoms. The van der Waals surface area contributed by atoms with Crippen LogP contribution in [0.4, 0.5) is 11.4 Å². The van der Waals surface area contributed by atoms with Gasteiger partial charge in [-0.15, -0.1) is 0 Å². The van der Waals surface area contributed by atoms with Gasteiger partial charge in [0.05, 0.1) is 22.8 Å². The number of hydrogen-bond acceptors (Lipinski definition) is 2. The Balaban J connectivity index is 1.86. The number of nitrogens with zero attached hydrogens (tertiary/aromatic N) is 2. The summed E-state index contributed by atoms with van der Waals surface area (Å²) >= 11 is 0. The fourth-order valence-corrected chi connectivity index (χ4v) is 10.5. The van der Waals surface area contributed by atoms with Crippen molar-refractivity contribution in [3.63, 3.8) is 0 Å². The topological polar surface area (TPSA) is 24.7 Å². The Bertz CT molecular complexity index is 1580. The number of hydrogen-bond donors (Lipinski definition) is 0. The minimum absolute atomic E-state index is 0.989. The van der Waals surface area contributed by atoms with E-state index < -0.39 is 0 Å². The van der Waals surface area contributed by atoms with Gasteiger partial charge in [-0.2, -0.15) is 0 Å². The standard InChI is InChI=1S/C70H120N2/c1-5-9-13-16-19-21-23-25-27-29-31-33-35-37-39-41-43-45-47-50-57-65-59-53-55-62-67(65)71-69(61-12-8-4)70(64-52-49-18-15-11-7-3)72-68-63-56-54-60-66(68)58-51-48-46-44-42-40-38-36-34-32-30-28-26-24-22-20-17-14-10-6-2/h45-48,53-56,59-60,62-63H,5-44,49-52,57-58,61,64H2,1-4H3. The van der Waals surface area contributed by atoms with Crippen LogP contribution in [0.5, 0.6) is 0 Å². The average Bonchev–Trinajstić information content (AvgIpc) is 3.40. The van der Waals surface area contributed by atoms with Crippen molar-refractivity contribution in [3.05, 3.63) is 84.0 Å². The summed E-state index contributed by atoms with van der Waals surface area (Å²) in [6.07, 6.45) is 74.2. The Hall–Kier alpha value is -2.74. The predicted octanol–water partition coefficient (Wildman–Crippen LogP) is 24.8. The lowest BCUT2D eigenvalue weighted by Gasteiger charge is -2.14. The molecule has 2 rings (SSSR count). The van der Waals surface area contributed by atoms with Gasteiger partial charge in [0, 0.05) is 0 Å². The SMILES string of the molecule is CCCCCCCCCCCCCCCCCCC=CCCc1ccccc1N=C(CCCC)C(CCCCCCCC)=Nc1ccccc1CCC=CCCCCCCCCCCCCCCCCCC. The molecule has 0 heterocycles. The molecule has 0 aromatic heterocycles. The molecule has 0 atom stereocenters. The number of aryl methyl sites for hydroxylation is 2. The zero-order valence-electron chi connectivity index (χ0n) is 48.8. The first kappa shape index (κ1) is 65.4. The van der Waals surface area contributed by atoms with Crippen LogP contribution in [0.3, 0.4) is 0 Å². The summed E-state index contributed by atoms with van der Waals surface area (Å²) in [7, 11) is 0. The van der Waals surface area contributed by atoms with Crippen molar-refractivity contribution >= 4 is 22.8 Å². The summed E-state index contributed by atoms with van der Waals surface area (Å²) in [5.74, 6) is 0. The van der Waals surface area contributed by atoms with Gasteiger partial charge < -0.3 is 0 Å². The van der Waals surface area contributed by atoms with Crippen LogP contribution in [-0.4, -0.2) is 11.4 Å². The molecule has 0 saturated heterocycles. The molecule has 0 fully saturated rings. The zero-order chi connectivity index (χ0) is 51.3. The van der Waals surface area contributed by atoms with Gasteiger partial charge in [0.1, 0.15) is 0 Å². The van der Waals surface area contributed by atoms with Gasteiger partial charge in [0.25, 0.3) is 0 Å². The summed E-state index contributed by atoms with van der Waals surface area (Å²) in [5.41, 5.74) is 7.46. The number of allylic oxidation sites excluding steroid dienone is 4. The maximum absolute atomic E-state index is 5.58. The molecule has 0 aliphatic rings. The van der Waals surface area contributed by atoms with Crippen molar-refractivity contribution in [3.8, 4) is 0 Å². The van der Waals surface area contributed by atoms with E-state index >= 15 is 0 Å². The molecule has 0 amide bonds. The molecule has 0 unspecified atom stereocenters. The number of aliphatic imine (C=N–C) groups is 2. The van der Waals surface area contributed by atoms with E-state index in [9.17, 15) is 0 Å². The molecule has 2 aromatic rings. The molecule has 0 bridgehead atoms. The molecule has 0 saturated carbocycles. The third-order valence-electron chi connectivity index (χ3n) is 15.3. The van der Waals surface area contributed by atoms with Crippen LogP contribution in [0.2, 0.25) is 0 Å². The first-order chi connectivity index (χ1) is 35.7. The van der Waals surface area contributed by atoms with Crippen LogP contribution in [0, 0.1) is 0 Å². The Kier molecular flexibility index (Phi) is 47.0. The third kappa shape index (κ3) is 38.8. The largest absolute Gasteiger partial charge is 0.251 e. The summed E-state index contributed by atoms with van der Waals surface area (Å²) in [6.45, 7) is 9.24. The van der Waals surface area contributed by atoms with E-state index in [1.165, 1.54) is 279 Å². The Morgan fingerprint density at radius 3 is 0.847 bits per heavy atom. The molecule has 0 aliphatic carbocycles. The van der Waals surface area contributed by atoms with Gasteiger partial charge >= 0.3 is 0 Å². The van der Waals surface area contributed by atoms with Crippen LogP contribution in [0.15, 0.2) is 82.8 Å². The lowest BCUT2D eigenvalue weighted by molar-refractivity contribution is 0.530. The second-order valence-corrected chi connectivity index (χ2v) is 22.2. The fourth-order valence-electron chi connectivity index (χ4n) is 10.5. The van der Waals surface area contributed by atoms with E-state index in [-0.39, 0.29) is 0 Å². The molecule has 0 N–H and O–H groups in total. The monoisotopic (exact) mass is 989 g/mol. The van der Waals surface area contributed by atoms with Gasteiger partial charge in [-0.05, 0) is 100 Å². The lowest BCUT2D eigenvalue weighted by atomic mass is 10.00. The third-order valence-corrected chi connectivity index (χ3v) is 15.3. The van der Waals surface area contributed by atoms with Crippen molar-refractivity contribution in [2.24, 2.45) is 9.98 Å². The van der Waals surface area contributed by atoms with E-state index in [1.807, 2.05) is 0 Å². The smallest absolute Gasteiger partial charge is 0.0665 e. The van der Waals surface area contributed by atoms with Crippen LogP contribution < -0.4 is 0 Å². The number of benzene rings is 2. The number of rotatable bonds is 53. The van der Waals surface area contributed by atoms with Crippen molar-refractivity contribution in [1.29, 1.82) is 0 Å². The fraction of sp³-hybridized carbons (Fsp3) is 0.743. The Morgan fingerprint density at radius 1 is 0.278 bits per heavy atom. The first-order valence-electron chi connectivity index (χ1n) is 32.3. The maximum atomic E-state index is 5.58. The van der Waals surface area contributed by atoms with Crippen LogP contribution in [-0.2, 0) is 12.8 Å². The second kappa shape index (κ2) is 51.7. The quantitative estimate of drug-likeness (QED) is 0.0358. The zero-order valence-corrected chi connectivity index (χ0v) is 48.8. The van der Waals surface area contributed by atoms with E-state index in [1.54, 1.807) is 0 Å². The van der Waals surface area contributed by atoms with Gasteiger partial charge in [0.15, 0.2) is 0 Å². The minimum atomic E-state index is 0.989. The molecule has 2 nitrogen and oxygen atoms in total.